The monoisotopic (exact) mass is 907 g/mol. The van der Waals surface area contributed by atoms with Crippen LogP contribution >= 0.6 is 0 Å². The second kappa shape index (κ2) is 16.8. The average Bonchev–Trinajstić information content (AvgIpc) is 3.86. The van der Waals surface area contributed by atoms with Crippen LogP contribution in [-0.2, 0) is 21.7 Å². The van der Waals surface area contributed by atoms with Gasteiger partial charge in [-0.15, -0.1) is 0 Å². The van der Waals surface area contributed by atoms with Gasteiger partial charge in [-0.05, 0) is 139 Å². The standard InChI is InChI=1S/C64H66N4O/c1-61(2,3)46-24-28-57-59(37-46)67(41-66(57)50-32-45(43-21-17-14-18-22-43)31-48(34-50)63(7,8)9)51-35-49(64(10,11)12)36-53(39-51)69-52-25-26-54-55-33-44(42-19-15-13-16-20-42)23-27-56(55)68(58(54)40-52)60-38-47(29-30-65-60)62(4,5)6/h13-40H,41H2,1-12H3. The molecule has 0 aliphatic carbocycles. The summed E-state index contributed by atoms with van der Waals surface area (Å²) < 4.78 is 9.41. The number of hydrogen-bond donors (Lipinski definition) is 0. The fraction of sp³-hybridized carbons (Fsp3) is 0.266. The van der Waals surface area contributed by atoms with Crippen LogP contribution < -0.4 is 14.5 Å². The van der Waals surface area contributed by atoms with Gasteiger partial charge in [-0.1, -0.05) is 162 Å². The van der Waals surface area contributed by atoms with Crippen molar-refractivity contribution in [3.8, 4) is 39.6 Å². The summed E-state index contributed by atoms with van der Waals surface area (Å²) in [6, 6.07) is 60.1. The average molecular weight is 907 g/mol. The van der Waals surface area contributed by atoms with E-state index in [4.69, 9.17) is 9.72 Å². The second-order valence-electron chi connectivity index (χ2n) is 23.2. The third-order valence-electron chi connectivity index (χ3n) is 13.9. The number of pyridine rings is 1. The first-order valence-corrected chi connectivity index (χ1v) is 24.5. The van der Waals surface area contributed by atoms with Gasteiger partial charge in [-0.2, -0.15) is 0 Å². The third kappa shape index (κ3) is 8.92. The van der Waals surface area contributed by atoms with Crippen LogP contribution in [0.5, 0.6) is 11.5 Å². The molecule has 0 radical (unpaired) electrons. The smallest absolute Gasteiger partial charge is 0.137 e. The molecule has 1 aliphatic rings. The van der Waals surface area contributed by atoms with E-state index in [1.165, 1.54) is 67.0 Å². The quantitative estimate of drug-likeness (QED) is 0.160. The van der Waals surface area contributed by atoms with Gasteiger partial charge < -0.3 is 14.5 Å². The molecule has 0 amide bonds. The zero-order valence-electron chi connectivity index (χ0n) is 42.6. The molecule has 1 aliphatic heterocycles. The van der Waals surface area contributed by atoms with E-state index in [0.717, 1.165) is 39.4 Å². The molecule has 0 bridgehead atoms. The Balaban J connectivity index is 1.10. The van der Waals surface area contributed by atoms with Gasteiger partial charge in [0.15, 0.2) is 0 Å². The van der Waals surface area contributed by atoms with Gasteiger partial charge in [-0.25, -0.2) is 4.98 Å². The summed E-state index contributed by atoms with van der Waals surface area (Å²) in [5.41, 5.74) is 16.4. The minimum atomic E-state index is -0.147. The molecule has 0 fully saturated rings. The van der Waals surface area contributed by atoms with E-state index in [1.807, 2.05) is 6.20 Å². The molecule has 5 nitrogen and oxygen atoms in total. The molecule has 0 saturated carbocycles. The minimum absolute atomic E-state index is 0.0317. The lowest BCUT2D eigenvalue weighted by Crippen LogP contribution is -2.25. The first kappa shape index (κ1) is 45.7. The Morgan fingerprint density at radius 1 is 0.391 bits per heavy atom. The van der Waals surface area contributed by atoms with Crippen molar-refractivity contribution in [3.63, 3.8) is 0 Å². The van der Waals surface area contributed by atoms with Crippen LogP contribution in [0, 0.1) is 0 Å². The number of anilines is 4. The van der Waals surface area contributed by atoms with Crippen LogP contribution in [0.3, 0.4) is 0 Å². The maximum atomic E-state index is 7.10. The molecule has 3 heterocycles. The van der Waals surface area contributed by atoms with E-state index in [9.17, 15) is 0 Å². The topological polar surface area (TPSA) is 33.5 Å². The Labute approximate surface area is 410 Å². The Morgan fingerprint density at radius 2 is 0.986 bits per heavy atom. The number of ether oxygens (including phenoxy) is 1. The van der Waals surface area contributed by atoms with Crippen molar-refractivity contribution in [1.82, 2.24) is 9.55 Å². The van der Waals surface area contributed by atoms with Crippen LogP contribution in [-0.4, -0.2) is 16.2 Å². The highest BCUT2D eigenvalue weighted by Gasteiger charge is 2.32. The summed E-state index contributed by atoms with van der Waals surface area (Å²) >= 11 is 0. The molecular formula is C64H66N4O. The third-order valence-corrected chi connectivity index (χ3v) is 13.9. The Kier molecular flexibility index (Phi) is 11.1. The molecule has 0 spiro atoms. The van der Waals surface area contributed by atoms with E-state index >= 15 is 0 Å². The number of aromatic nitrogens is 2. The van der Waals surface area contributed by atoms with Crippen LogP contribution in [0.1, 0.15) is 105 Å². The Morgan fingerprint density at radius 3 is 1.64 bits per heavy atom. The lowest BCUT2D eigenvalue weighted by atomic mass is 9.84. The summed E-state index contributed by atoms with van der Waals surface area (Å²) in [5, 5.41) is 2.32. The van der Waals surface area contributed by atoms with Gasteiger partial charge in [0.1, 0.15) is 24.0 Å². The van der Waals surface area contributed by atoms with Crippen LogP contribution in [0.4, 0.5) is 22.7 Å². The van der Waals surface area contributed by atoms with Gasteiger partial charge in [0.2, 0.25) is 0 Å². The van der Waals surface area contributed by atoms with E-state index in [-0.39, 0.29) is 21.7 Å². The van der Waals surface area contributed by atoms with Crippen molar-refractivity contribution in [2.75, 3.05) is 16.5 Å². The highest BCUT2D eigenvalue weighted by Crippen LogP contribution is 2.49. The van der Waals surface area contributed by atoms with E-state index in [2.05, 4.69) is 261 Å². The number of rotatable bonds is 7. The van der Waals surface area contributed by atoms with Gasteiger partial charge in [0, 0.05) is 40.5 Å². The lowest BCUT2D eigenvalue weighted by molar-refractivity contribution is 0.479. The molecule has 5 heteroatoms. The molecule has 0 saturated heterocycles. The molecular weight excluding hydrogens is 841 g/mol. The van der Waals surface area contributed by atoms with Crippen molar-refractivity contribution in [1.29, 1.82) is 0 Å². The first-order valence-electron chi connectivity index (χ1n) is 24.5. The first-order chi connectivity index (χ1) is 32.7. The largest absolute Gasteiger partial charge is 0.457 e. The van der Waals surface area contributed by atoms with Crippen LogP contribution in [0.15, 0.2) is 170 Å². The summed E-state index contributed by atoms with van der Waals surface area (Å²) in [7, 11) is 0. The number of benzene rings is 7. The van der Waals surface area contributed by atoms with Gasteiger partial charge in [0.05, 0.1) is 22.4 Å². The highest BCUT2D eigenvalue weighted by molar-refractivity contribution is 6.10. The zero-order chi connectivity index (χ0) is 48.6. The minimum Gasteiger partial charge on any atom is -0.457 e. The van der Waals surface area contributed by atoms with Crippen molar-refractivity contribution < 1.29 is 4.74 Å². The van der Waals surface area contributed by atoms with Gasteiger partial charge >= 0.3 is 0 Å². The van der Waals surface area contributed by atoms with Crippen molar-refractivity contribution >= 4 is 44.6 Å². The van der Waals surface area contributed by atoms with Crippen molar-refractivity contribution in [2.45, 2.75) is 105 Å². The number of hydrogen-bond acceptors (Lipinski definition) is 4. The molecule has 10 rings (SSSR count). The lowest BCUT2D eigenvalue weighted by Gasteiger charge is -2.28. The predicted molar refractivity (Wildman–Crippen MR) is 293 cm³/mol. The van der Waals surface area contributed by atoms with Crippen LogP contribution in [0.25, 0.3) is 49.9 Å². The maximum absolute atomic E-state index is 7.10. The molecule has 2 aromatic heterocycles. The van der Waals surface area contributed by atoms with Crippen molar-refractivity contribution in [2.24, 2.45) is 0 Å². The van der Waals surface area contributed by atoms with E-state index < -0.39 is 0 Å². The Hall–Kier alpha value is -7.11. The fourth-order valence-electron chi connectivity index (χ4n) is 9.66. The normalized spacial score (nSPS) is 13.4. The summed E-state index contributed by atoms with van der Waals surface area (Å²) in [6.07, 6.45) is 1.94. The number of nitrogens with zero attached hydrogens (tertiary/aromatic N) is 4. The highest BCUT2D eigenvalue weighted by atomic mass is 16.5. The molecule has 348 valence electrons. The Bertz CT molecular complexity index is 3370. The van der Waals surface area contributed by atoms with Crippen LogP contribution in [0.2, 0.25) is 0 Å². The molecule has 0 unspecified atom stereocenters. The predicted octanol–water partition coefficient (Wildman–Crippen LogP) is 17.7. The number of fused-ring (bicyclic) bond motifs is 4. The van der Waals surface area contributed by atoms with Gasteiger partial charge in [-0.3, -0.25) is 4.57 Å². The SMILES string of the molecule is CC(C)(C)c1cc(Oc2ccc3c4cc(-c5ccccc5)ccc4n(-c4cc(C(C)(C)C)ccn4)c3c2)cc(N2CN(c3cc(-c4ccccc4)cc(C(C)(C)C)c3)c3ccc(C(C)(C)C)cc32)c1. The van der Waals surface area contributed by atoms with E-state index in [1.54, 1.807) is 0 Å². The zero-order valence-corrected chi connectivity index (χ0v) is 42.6. The summed E-state index contributed by atoms with van der Waals surface area (Å²) in [4.78, 5) is 9.98. The van der Waals surface area contributed by atoms with Gasteiger partial charge in [0.25, 0.3) is 0 Å². The summed E-state index contributed by atoms with van der Waals surface area (Å²) in [5.74, 6) is 2.45. The molecule has 9 aromatic rings. The summed E-state index contributed by atoms with van der Waals surface area (Å²) in [6.45, 7) is 28.1. The van der Waals surface area contributed by atoms with E-state index in [0.29, 0.717) is 6.67 Å². The second-order valence-corrected chi connectivity index (χ2v) is 23.2. The molecule has 69 heavy (non-hydrogen) atoms. The maximum Gasteiger partial charge on any atom is 0.137 e. The van der Waals surface area contributed by atoms with Crippen molar-refractivity contribution in [3.05, 3.63) is 192 Å². The fourth-order valence-corrected chi connectivity index (χ4v) is 9.66. The molecule has 0 atom stereocenters. The molecule has 7 aromatic carbocycles. The molecule has 0 N–H and O–H groups in total.